The minimum Gasteiger partial charge on any atom is -0.481 e. The average Bonchev–Trinajstić information content (AvgIpc) is 3.01. The van der Waals surface area contributed by atoms with E-state index < -0.39 is 5.97 Å². The Hall–Kier alpha value is -2.49. The lowest BCUT2D eigenvalue weighted by Gasteiger charge is -2.16. The summed E-state index contributed by atoms with van der Waals surface area (Å²) in [6.07, 6.45) is 12.2. The van der Waals surface area contributed by atoms with Crippen LogP contribution in [0.2, 0.25) is 0 Å². The minimum absolute atomic E-state index is 0.0809. The topological polar surface area (TPSA) is 71.4 Å². The van der Waals surface area contributed by atoms with Crippen molar-refractivity contribution in [1.82, 2.24) is 0 Å². The molecule has 1 N–H and O–H groups in total. The fourth-order valence-electron chi connectivity index (χ4n) is 3.39. The van der Waals surface area contributed by atoms with Gasteiger partial charge in [-0.3, -0.25) is 14.4 Å². The Bertz CT molecular complexity index is 688. The SMILES string of the molecule is O=C(O)CCC/C=C\CC1C(=O)C=CC1CCC(=O)CCc1ccccc1. The lowest BCUT2D eigenvalue weighted by molar-refractivity contribution is -0.137. The van der Waals surface area contributed by atoms with Crippen LogP contribution in [0.5, 0.6) is 0 Å². The number of aryl methyl sites for hydroxylation is 1. The zero-order valence-electron chi connectivity index (χ0n) is 15.7. The summed E-state index contributed by atoms with van der Waals surface area (Å²) in [7, 11) is 0. The molecule has 0 heterocycles. The van der Waals surface area contributed by atoms with Gasteiger partial charge in [-0.05, 0) is 49.7 Å². The Morgan fingerprint density at radius 3 is 2.56 bits per heavy atom. The van der Waals surface area contributed by atoms with Crippen LogP contribution >= 0.6 is 0 Å². The number of carboxylic acid groups (broad SMARTS) is 1. The van der Waals surface area contributed by atoms with E-state index in [-0.39, 0.29) is 29.8 Å². The van der Waals surface area contributed by atoms with Gasteiger partial charge in [0.1, 0.15) is 5.78 Å². The highest BCUT2D eigenvalue weighted by atomic mass is 16.4. The van der Waals surface area contributed by atoms with Gasteiger partial charge in [0.25, 0.3) is 0 Å². The molecule has 0 aromatic heterocycles. The highest BCUT2D eigenvalue weighted by Gasteiger charge is 2.28. The van der Waals surface area contributed by atoms with Gasteiger partial charge < -0.3 is 5.11 Å². The Morgan fingerprint density at radius 1 is 1.04 bits per heavy atom. The van der Waals surface area contributed by atoms with Gasteiger partial charge in [0.2, 0.25) is 0 Å². The molecule has 2 atom stereocenters. The number of rotatable bonds is 12. The molecule has 2 rings (SSSR count). The lowest BCUT2D eigenvalue weighted by atomic mass is 9.87. The van der Waals surface area contributed by atoms with E-state index in [1.165, 1.54) is 5.56 Å². The number of carbonyl (C=O) groups is 3. The van der Waals surface area contributed by atoms with Crippen molar-refractivity contribution in [3.05, 3.63) is 60.2 Å². The minimum atomic E-state index is -0.782. The molecule has 1 aromatic rings. The van der Waals surface area contributed by atoms with Gasteiger partial charge in [0.05, 0.1) is 0 Å². The first-order valence-corrected chi connectivity index (χ1v) is 9.70. The van der Waals surface area contributed by atoms with Crippen molar-refractivity contribution in [3.63, 3.8) is 0 Å². The Kier molecular flexibility index (Phi) is 8.69. The first-order valence-electron chi connectivity index (χ1n) is 9.70. The second-order valence-electron chi connectivity index (χ2n) is 7.09. The van der Waals surface area contributed by atoms with Crippen molar-refractivity contribution in [2.75, 3.05) is 0 Å². The maximum atomic E-state index is 12.2. The number of carbonyl (C=O) groups excluding carboxylic acids is 2. The van der Waals surface area contributed by atoms with E-state index in [1.807, 2.05) is 48.6 Å². The van der Waals surface area contributed by atoms with Crippen molar-refractivity contribution in [3.8, 4) is 0 Å². The molecule has 0 amide bonds. The number of carboxylic acids is 1. The predicted molar refractivity (Wildman–Crippen MR) is 105 cm³/mol. The molecule has 0 fully saturated rings. The highest BCUT2D eigenvalue weighted by molar-refractivity contribution is 5.94. The number of aliphatic carboxylic acids is 1. The molecule has 2 unspecified atom stereocenters. The second-order valence-corrected chi connectivity index (χ2v) is 7.09. The monoisotopic (exact) mass is 368 g/mol. The van der Waals surface area contributed by atoms with Gasteiger partial charge in [-0.25, -0.2) is 0 Å². The largest absolute Gasteiger partial charge is 0.481 e. The summed E-state index contributed by atoms with van der Waals surface area (Å²) >= 11 is 0. The normalized spacial score (nSPS) is 19.0. The zero-order chi connectivity index (χ0) is 19.5. The van der Waals surface area contributed by atoms with E-state index in [9.17, 15) is 14.4 Å². The van der Waals surface area contributed by atoms with Gasteiger partial charge in [0.15, 0.2) is 5.78 Å². The Labute approximate surface area is 161 Å². The van der Waals surface area contributed by atoms with Gasteiger partial charge in [0, 0.05) is 25.2 Å². The first kappa shape index (κ1) is 20.8. The predicted octanol–water partition coefficient (Wildman–Crippen LogP) is 4.54. The summed E-state index contributed by atoms with van der Waals surface area (Å²) in [4.78, 5) is 34.7. The van der Waals surface area contributed by atoms with Crippen LogP contribution < -0.4 is 0 Å². The van der Waals surface area contributed by atoms with Crippen LogP contribution in [0, 0.1) is 11.8 Å². The Morgan fingerprint density at radius 2 is 1.81 bits per heavy atom. The van der Waals surface area contributed by atoms with Crippen LogP contribution in [0.1, 0.15) is 50.5 Å². The third-order valence-electron chi connectivity index (χ3n) is 5.00. The second kappa shape index (κ2) is 11.3. The molecule has 0 saturated heterocycles. The molecule has 4 nitrogen and oxygen atoms in total. The molecule has 1 aliphatic rings. The number of ketones is 2. The van der Waals surface area contributed by atoms with Gasteiger partial charge >= 0.3 is 5.97 Å². The third kappa shape index (κ3) is 7.73. The fourth-order valence-corrected chi connectivity index (χ4v) is 3.39. The van der Waals surface area contributed by atoms with E-state index >= 15 is 0 Å². The number of hydrogen-bond donors (Lipinski definition) is 1. The molecule has 1 aliphatic carbocycles. The summed E-state index contributed by atoms with van der Waals surface area (Å²) in [6, 6.07) is 9.99. The van der Waals surface area contributed by atoms with Crippen molar-refractivity contribution in [2.45, 2.75) is 51.4 Å². The van der Waals surface area contributed by atoms with E-state index in [0.29, 0.717) is 38.5 Å². The summed E-state index contributed by atoms with van der Waals surface area (Å²) in [5.41, 5.74) is 1.17. The zero-order valence-corrected chi connectivity index (χ0v) is 15.7. The van der Waals surface area contributed by atoms with Crippen LogP contribution in [0.15, 0.2) is 54.6 Å². The molecule has 0 radical (unpaired) electrons. The molecule has 27 heavy (non-hydrogen) atoms. The maximum Gasteiger partial charge on any atom is 0.303 e. The standard InChI is InChI=1S/C23H28O4/c24-20(15-12-18-8-4-3-5-9-18)16-13-19-14-17-22(25)21(19)10-6-1-2-7-11-23(26)27/h1,3-6,8-9,14,17,19,21H,2,7,10-13,15-16H2,(H,26,27)/b6-1-. The van der Waals surface area contributed by atoms with Crippen LogP contribution in [0.4, 0.5) is 0 Å². The molecule has 0 saturated carbocycles. The van der Waals surface area contributed by atoms with Crippen molar-refractivity contribution in [1.29, 1.82) is 0 Å². The molecule has 1 aromatic carbocycles. The lowest BCUT2D eigenvalue weighted by Crippen LogP contribution is -2.16. The first-order chi connectivity index (χ1) is 13.1. The summed E-state index contributed by atoms with van der Waals surface area (Å²) < 4.78 is 0. The highest BCUT2D eigenvalue weighted by Crippen LogP contribution is 2.30. The summed E-state index contributed by atoms with van der Waals surface area (Å²) in [5, 5.41) is 8.61. The summed E-state index contributed by atoms with van der Waals surface area (Å²) in [6.45, 7) is 0. The average molecular weight is 368 g/mol. The van der Waals surface area contributed by atoms with Gasteiger partial charge in [-0.15, -0.1) is 0 Å². The third-order valence-corrected chi connectivity index (χ3v) is 5.00. The van der Waals surface area contributed by atoms with E-state index in [4.69, 9.17) is 5.11 Å². The molecular weight excluding hydrogens is 340 g/mol. The van der Waals surface area contributed by atoms with Crippen LogP contribution in [0.25, 0.3) is 0 Å². The number of allylic oxidation sites excluding steroid dienone is 4. The maximum absolute atomic E-state index is 12.2. The molecule has 0 aliphatic heterocycles. The Balaban J connectivity index is 1.70. The van der Waals surface area contributed by atoms with Gasteiger partial charge in [-0.1, -0.05) is 48.6 Å². The quantitative estimate of drug-likeness (QED) is 0.434. The summed E-state index contributed by atoms with van der Waals surface area (Å²) in [5.74, 6) is -0.360. The van der Waals surface area contributed by atoms with Crippen molar-refractivity contribution in [2.24, 2.45) is 11.8 Å². The molecule has 0 spiro atoms. The van der Waals surface area contributed by atoms with Crippen molar-refractivity contribution >= 4 is 17.5 Å². The fraction of sp³-hybridized carbons (Fsp3) is 0.435. The number of benzene rings is 1. The number of unbranched alkanes of at least 4 members (excludes halogenated alkanes) is 1. The van der Waals surface area contributed by atoms with Gasteiger partial charge in [-0.2, -0.15) is 0 Å². The molecule has 0 bridgehead atoms. The van der Waals surface area contributed by atoms with Crippen LogP contribution in [-0.2, 0) is 20.8 Å². The van der Waals surface area contributed by atoms with Crippen LogP contribution in [0.3, 0.4) is 0 Å². The van der Waals surface area contributed by atoms with Crippen LogP contribution in [-0.4, -0.2) is 22.6 Å². The molecule has 4 heteroatoms. The van der Waals surface area contributed by atoms with Crippen molar-refractivity contribution < 1.29 is 19.5 Å². The van der Waals surface area contributed by atoms with E-state index in [1.54, 1.807) is 6.08 Å². The van der Waals surface area contributed by atoms with E-state index in [2.05, 4.69) is 0 Å². The number of hydrogen-bond acceptors (Lipinski definition) is 3. The molecular formula is C23H28O4. The molecule has 144 valence electrons. The number of Topliss-reactive ketones (excluding diaryl/α,β-unsaturated/α-hetero) is 1. The smallest absolute Gasteiger partial charge is 0.303 e. The van der Waals surface area contributed by atoms with E-state index in [0.717, 1.165) is 6.42 Å².